The molecule has 0 unspecified atom stereocenters. The van der Waals surface area contributed by atoms with Crippen LogP contribution in [-0.2, 0) is 0 Å². The zero-order valence-electron chi connectivity index (χ0n) is 8.40. The van der Waals surface area contributed by atoms with E-state index in [9.17, 15) is 0 Å². The number of hydrogen-bond donors (Lipinski definition) is 0. The average molecular weight is 207 g/mol. The molecular weight excluding hydrogens is 194 g/mol. The first-order chi connectivity index (χ1) is 6.72. The van der Waals surface area contributed by atoms with Crippen molar-refractivity contribution < 1.29 is 0 Å². The molecule has 0 spiro atoms. The van der Waals surface area contributed by atoms with Gasteiger partial charge in [-0.25, -0.2) is 9.97 Å². The first-order valence-electron chi connectivity index (χ1n) is 4.57. The lowest BCUT2D eigenvalue weighted by Crippen LogP contribution is -1.91. The maximum atomic E-state index is 8.52. The zero-order valence-corrected chi connectivity index (χ0v) is 9.21. The van der Waals surface area contributed by atoms with E-state index in [0.29, 0.717) is 11.6 Å². The third kappa shape index (κ3) is 3.75. The lowest BCUT2D eigenvalue weighted by atomic mass is 10.2. The van der Waals surface area contributed by atoms with E-state index in [-0.39, 0.29) is 0 Å². The molecule has 1 aromatic rings. The molecule has 0 radical (unpaired) electrons. The fraction of sp³-hybridized carbons (Fsp3) is 0.500. The minimum absolute atomic E-state index is 0.373. The van der Waals surface area contributed by atoms with Crippen LogP contribution in [0.2, 0.25) is 0 Å². The first-order valence-corrected chi connectivity index (χ1v) is 5.56. The van der Waals surface area contributed by atoms with Crippen molar-refractivity contribution in [2.24, 2.45) is 5.92 Å². The van der Waals surface area contributed by atoms with E-state index < -0.39 is 0 Å². The third-order valence-corrected chi connectivity index (χ3v) is 2.63. The van der Waals surface area contributed by atoms with Crippen LogP contribution in [0.1, 0.15) is 26.0 Å². The van der Waals surface area contributed by atoms with Gasteiger partial charge < -0.3 is 0 Å². The van der Waals surface area contributed by atoms with Gasteiger partial charge in [0, 0.05) is 0 Å². The van der Waals surface area contributed by atoms with Crippen LogP contribution in [0.4, 0.5) is 0 Å². The molecule has 0 saturated carbocycles. The molecule has 74 valence electrons. The smallest absolute Gasteiger partial charge is 0.158 e. The van der Waals surface area contributed by atoms with Crippen molar-refractivity contribution in [3.8, 4) is 6.07 Å². The SMILES string of the molecule is CC(C)CCSc1cnc(C#N)cn1. The summed E-state index contributed by atoms with van der Waals surface area (Å²) in [5, 5.41) is 9.41. The molecule has 0 atom stereocenters. The van der Waals surface area contributed by atoms with E-state index in [2.05, 4.69) is 23.8 Å². The number of rotatable bonds is 4. The molecule has 0 aliphatic rings. The van der Waals surface area contributed by atoms with Crippen LogP contribution >= 0.6 is 11.8 Å². The van der Waals surface area contributed by atoms with Gasteiger partial charge in [0.2, 0.25) is 0 Å². The van der Waals surface area contributed by atoms with Gasteiger partial charge in [0.15, 0.2) is 5.69 Å². The maximum absolute atomic E-state index is 8.52. The Kier molecular flexibility index (Phi) is 4.41. The molecule has 1 aromatic heterocycles. The molecule has 1 heterocycles. The van der Waals surface area contributed by atoms with Crippen molar-refractivity contribution >= 4 is 11.8 Å². The van der Waals surface area contributed by atoms with Crippen molar-refractivity contribution in [2.75, 3.05) is 5.75 Å². The number of nitrogens with zero attached hydrogens (tertiary/aromatic N) is 3. The number of nitriles is 1. The molecule has 0 saturated heterocycles. The van der Waals surface area contributed by atoms with E-state index in [0.717, 1.165) is 10.8 Å². The van der Waals surface area contributed by atoms with Crippen LogP contribution in [0, 0.1) is 17.2 Å². The fourth-order valence-electron chi connectivity index (χ4n) is 0.848. The van der Waals surface area contributed by atoms with Crippen molar-refractivity contribution in [3.05, 3.63) is 18.1 Å². The van der Waals surface area contributed by atoms with Crippen LogP contribution in [0.15, 0.2) is 17.4 Å². The van der Waals surface area contributed by atoms with Crippen molar-refractivity contribution in [1.29, 1.82) is 5.26 Å². The lowest BCUT2D eigenvalue weighted by Gasteiger charge is -2.02. The largest absolute Gasteiger partial charge is 0.245 e. The van der Waals surface area contributed by atoms with E-state index in [1.54, 1.807) is 18.0 Å². The van der Waals surface area contributed by atoms with Crippen LogP contribution in [0.25, 0.3) is 0 Å². The van der Waals surface area contributed by atoms with Crippen molar-refractivity contribution in [1.82, 2.24) is 9.97 Å². The summed E-state index contributed by atoms with van der Waals surface area (Å²) in [6.07, 6.45) is 4.34. The summed E-state index contributed by atoms with van der Waals surface area (Å²) >= 11 is 1.68. The number of hydrogen-bond acceptors (Lipinski definition) is 4. The van der Waals surface area contributed by atoms with E-state index in [4.69, 9.17) is 5.26 Å². The molecule has 4 heteroatoms. The Hall–Kier alpha value is -1.08. The fourth-order valence-corrected chi connectivity index (χ4v) is 1.90. The second kappa shape index (κ2) is 5.61. The number of aromatic nitrogens is 2. The average Bonchev–Trinajstić information content (AvgIpc) is 2.18. The molecule has 0 N–H and O–H groups in total. The highest BCUT2D eigenvalue weighted by Crippen LogP contribution is 2.16. The Morgan fingerprint density at radius 3 is 2.71 bits per heavy atom. The summed E-state index contributed by atoms with van der Waals surface area (Å²) in [5.41, 5.74) is 0.373. The molecular formula is C10H13N3S. The highest BCUT2D eigenvalue weighted by molar-refractivity contribution is 7.99. The Morgan fingerprint density at radius 2 is 2.21 bits per heavy atom. The third-order valence-electron chi connectivity index (χ3n) is 1.69. The highest BCUT2D eigenvalue weighted by atomic mass is 32.2. The van der Waals surface area contributed by atoms with E-state index in [1.165, 1.54) is 12.6 Å². The normalized spacial score (nSPS) is 10.1. The minimum atomic E-state index is 0.373. The summed E-state index contributed by atoms with van der Waals surface area (Å²) in [7, 11) is 0. The van der Waals surface area contributed by atoms with Gasteiger partial charge in [-0.1, -0.05) is 13.8 Å². The highest BCUT2D eigenvalue weighted by Gasteiger charge is 1.99. The second-order valence-corrected chi connectivity index (χ2v) is 4.50. The summed E-state index contributed by atoms with van der Waals surface area (Å²) in [6.45, 7) is 4.40. The lowest BCUT2D eigenvalue weighted by molar-refractivity contribution is 0.632. The van der Waals surface area contributed by atoms with Gasteiger partial charge in [0.1, 0.15) is 11.1 Å². The molecule has 0 amide bonds. The quantitative estimate of drug-likeness (QED) is 0.712. The Balaban J connectivity index is 2.41. The van der Waals surface area contributed by atoms with Gasteiger partial charge in [0.05, 0.1) is 12.4 Å². The monoisotopic (exact) mass is 207 g/mol. The van der Waals surface area contributed by atoms with Gasteiger partial charge in [0.25, 0.3) is 0 Å². The topological polar surface area (TPSA) is 49.6 Å². The van der Waals surface area contributed by atoms with Gasteiger partial charge in [-0.3, -0.25) is 0 Å². The Morgan fingerprint density at radius 1 is 1.43 bits per heavy atom. The maximum Gasteiger partial charge on any atom is 0.158 e. The predicted molar refractivity (Wildman–Crippen MR) is 56.9 cm³/mol. The van der Waals surface area contributed by atoms with Crippen LogP contribution < -0.4 is 0 Å². The van der Waals surface area contributed by atoms with E-state index >= 15 is 0 Å². The van der Waals surface area contributed by atoms with Gasteiger partial charge in [-0.15, -0.1) is 11.8 Å². The zero-order chi connectivity index (χ0) is 10.4. The summed E-state index contributed by atoms with van der Waals surface area (Å²) < 4.78 is 0. The van der Waals surface area contributed by atoms with Gasteiger partial charge in [-0.2, -0.15) is 5.26 Å². The van der Waals surface area contributed by atoms with Crippen molar-refractivity contribution in [2.45, 2.75) is 25.3 Å². The predicted octanol–water partition coefficient (Wildman–Crippen LogP) is 2.49. The molecule has 0 aliphatic carbocycles. The van der Waals surface area contributed by atoms with E-state index in [1.807, 2.05) is 6.07 Å². The van der Waals surface area contributed by atoms with Crippen LogP contribution in [0.3, 0.4) is 0 Å². The minimum Gasteiger partial charge on any atom is -0.245 e. The first kappa shape index (κ1) is 11.0. The Labute approximate surface area is 88.6 Å². The van der Waals surface area contributed by atoms with Gasteiger partial charge in [-0.05, 0) is 18.1 Å². The summed E-state index contributed by atoms with van der Waals surface area (Å²) in [4.78, 5) is 8.07. The standard InChI is InChI=1S/C10H13N3S/c1-8(2)3-4-14-10-7-12-9(5-11)6-13-10/h6-8H,3-4H2,1-2H3. The Bertz CT molecular complexity index is 313. The molecule has 0 aromatic carbocycles. The molecule has 0 bridgehead atoms. The molecule has 1 rings (SSSR count). The molecule has 14 heavy (non-hydrogen) atoms. The molecule has 0 aliphatic heterocycles. The number of thioether (sulfide) groups is 1. The summed E-state index contributed by atoms with van der Waals surface area (Å²) in [5.74, 6) is 1.77. The van der Waals surface area contributed by atoms with Crippen LogP contribution in [-0.4, -0.2) is 15.7 Å². The van der Waals surface area contributed by atoms with Gasteiger partial charge >= 0.3 is 0 Å². The molecule has 3 nitrogen and oxygen atoms in total. The second-order valence-electron chi connectivity index (χ2n) is 3.38. The summed E-state index contributed by atoms with van der Waals surface area (Å²) in [6, 6.07) is 1.95. The molecule has 0 fully saturated rings. The van der Waals surface area contributed by atoms with Crippen LogP contribution in [0.5, 0.6) is 0 Å². The van der Waals surface area contributed by atoms with Crippen molar-refractivity contribution in [3.63, 3.8) is 0 Å².